The monoisotopic (exact) mass is 311 g/mol. The molecule has 1 aromatic carbocycles. The van der Waals surface area contributed by atoms with Crippen molar-refractivity contribution in [3.8, 4) is 0 Å². The highest BCUT2D eigenvalue weighted by Gasteiger charge is 2.24. The van der Waals surface area contributed by atoms with E-state index in [4.69, 9.17) is 0 Å². The molecule has 1 fully saturated rings. The summed E-state index contributed by atoms with van der Waals surface area (Å²) in [5.74, 6) is 0.177. The number of amides is 1. The van der Waals surface area contributed by atoms with Crippen LogP contribution in [0.4, 0.5) is 0 Å². The normalized spacial score (nSPS) is 19.1. The van der Waals surface area contributed by atoms with Crippen LogP contribution in [0, 0.1) is 0 Å². The van der Waals surface area contributed by atoms with Crippen LogP contribution in [0.1, 0.15) is 24.9 Å². The van der Waals surface area contributed by atoms with Crippen molar-refractivity contribution in [3.63, 3.8) is 0 Å². The van der Waals surface area contributed by atoms with E-state index in [9.17, 15) is 4.79 Å². The Morgan fingerprint density at radius 2 is 2.00 bits per heavy atom. The SMILES string of the molecule is CC(c1ccccc1)N(C)C(=O)CN(C)C1CCNC1.Cl. The summed E-state index contributed by atoms with van der Waals surface area (Å²) in [4.78, 5) is 16.4. The third-order valence-corrected chi connectivity index (χ3v) is 4.30. The van der Waals surface area contributed by atoms with Crippen LogP contribution in [-0.4, -0.2) is 55.5 Å². The van der Waals surface area contributed by atoms with E-state index in [-0.39, 0.29) is 24.4 Å². The van der Waals surface area contributed by atoms with Gasteiger partial charge in [-0.3, -0.25) is 9.69 Å². The maximum atomic E-state index is 12.4. The maximum absolute atomic E-state index is 12.4. The van der Waals surface area contributed by atoms with Gasteiger partial charge in [-0.05, 0) is 32.5 Å². The lowest BCUT2D eigenvalue weighted by Crippen LogP contribution is -2.42. The second kappa shape index (κ2) is 8.37. The number of halogens is 1. The standard InChI is InChI=1S/C16H25N3O.ClH/c1-13(14-7-5-4-6-8-14)19(3)16(20)12-18(2)15-9-10-17-11-15;/h4-8,13,15,17H,9-12H2,1-3H3;1H. The number of carbonyl (C=O) groups is 1. The zero-order valence-electron chi connectivity index (χ0n) is 13.1. The highest BCUT2D eigenvalue weighted by molar-refractivity contribution is 5.85. The summed E-state index contributed by atoms with van der Waals surface area (Å²) in [6.07, 6.45) is 1.13. The molecule has 0 saturated carbocycles. The third-order valence-electron chi connectivity index (χ3n) is 4.30. The van der Waals surface area contributed by atoms with Gasteiger partial charge in [0, 0.05) is 19.6 Å². The van der Waals surface area contributed by atoms with Crippen molar-refractivity contribution in [3.05, 3.63) is 35.9 Å². The van der Waals surface area contributed by atoms with Crippen molar-refractivity contribution >= 4 is 18.3 Å². The number of nitrogens with one attached hydrogen (secondary N) is 1. The average molecular weight is 312 g/mol. The molecule has 0 aromatic heterocycles. The van der Waals surface area contributed by atoms with Gasteiger partial charge in [0.05, 0.1) is 12.6 Å². The predicted molar refractivity (Wildman–Crippen MR) is 88.8 cm³/mol. The van der Waals surface area contributed by atoms with Crippen molar-refractivity contribution in [2.45, 2.75) is 25.4 Å². The van der Waals surface area contributed by atoms with Crippen molar-refractivity contribution in [2.24, 2.45) is 0 Å². The van der Waals surface area contributed by atoms with E-state index in [0.29, 0.717) is 12.6 Å². The molecule has 118 valence electrons. The summed E-state index contributed by atoms with van der Waals surface area (Å²) in [5, 5.41) is 3.34. The lowest BCUT2D eigenvalue weighted by Gasteiger charge is -2.29. The first-order chi connectivity index (χ1) is 9.59. The molecule has 5 heteroatoms. The molecule has 0 aliphatic carbocycles. The van der Waals surface area contributed by atoms with Gasteiger partial charge in [-0.2, -0.15) is 0 Å². The minimum absolute atomic E-state index is 0. The summed E-state index contributed by atoms with van der Waals surface area (Å²) >= 11 is 0. The molecule has 4 nitrogen and oxygen atoms in total. The minimum Gasteiger partial charge on any atom is -0.338 e. The van der Waals surface area contributed by atoms with Crippen LogP contribution in [0.5, 0.6) is 0 Å². The fourth-order valence-corrected chi connectivity index (χ4v) is 2.64. The van der Waals surface area contributed by atoms with Gasteiger partial charge >= 0.3 is 0 Å². The maximum Gasteiger partial charge on any atom is 0.236 e. The topological polar surface area (TPSA) is 35.6 Å². The molecule has 2 unspecified atom stereocenters. The molecule has 2 rings (SSSR count). The van der Waals surface area contributed by atoms with Crippen LogP contribution in [0.3, 0.4) is 0 Å². The van der Waals surface area contributed by atoms with E-state index < -0.39 is 0 Å². The van der Waals surface area contributed by atoms with E-state index in [1.807, 2.05) is 37.2 Å². The van der Waals surface area contributed by atoms with Crippen molar-refractivity contribution in [1.29, 1.82) is 0 Å². The summed E-state index contributed by atoms with van der Waals surface area (Å²) in [6, 6.07) is 10.8. The molecule has 1 heterocycles. The second-order valence-corrected chi connectivity index (χ2v) is 5.65. The number of hydrogen-bond donors (Lipinski definition) is 1. The Kier molecular flexibility index (Phi) is 7.15. The zero-order valence-corrected chi connectivity index (χ0v) is 13.9. The molecule has 1 aromatic rings. The molecule has 1 N–H and O–H groups in total. The number of likely N-dealkylation sites (N-methyl/N-ethyl adjacent to an activating group) is 2. The van der Waals surface area contributed by atoms with Crippen LogP contribution in [0.25, 0.3) is 0 Å². The third kappa shape index (κ3) is 4.70. The molecule has 0 bridgehead atoms. The lowest BCUT2D eigenvalue weighted by atomic mass is 10.1. The number of carbonyl (C=O) groups excluding carboxylic acids is 1. The Labute approximate surface area is 133 Å². The molecule has 2 atom stereocenters. The first-order valence-corrected chi connectivity index (χ1v) is 7.31. The van der Waals surface area contributed by atoms with E-state index in [2.05, 4.69) is 29.3 Å². The summed E-state index contributed by atoms with van der Waals surface area (Å²) in [6.45, 7) is 4.60. The molecule has 1 amide bonds. The van der Waals surface area contributed by atoms with Gasteiger partial charge in [-0.25, -0.2) is 0 Å². The Balaban J connectivity index is 0.00000220. The van der Waals surface area contributed by atoms with E-state index >= 15 is 0 Å². The second-order valence-electron chi connectivity index (χ2n) is 5.65. The molecule has 1 aliphatic heterocycles. The fourth-order valence-electron chi connectivity index (χ4n) is 2.64. The Morgan fingerprint density at radius 3 is 2.57 bits per heavy atom. The number of rotatable bonds is 5. The summed E-state index contributed by atoms with van der Waals surface area (Å²) in [5.41, 5.74) is 1.17. The van der Waals surface area contributed by atoms with Crippen LogP contribution in [0.15, 0.2) is 30.3 Å². The molecule has 0 radical (unpaired) electrons. The zero-order chi connectivity index (χ0) is 14.5. The molecular formula is C16H26ClN3O. The first-order valence-electron chi connectivity index (χ1n) is 7.31. The molecule has 21 heavy (non-hydrogen) atoms. The van der Waals surface area contributed by atoms with Crippen molar-refractivity contribution in [1.82, 2.24) is 15.1 Å². The smallest absolute Gasteiger partial charge is 0.236 e. The molecule has 1 aliphatic rings. The Morgan fingerprint density at radius 1 is 1.33 bits per heavy atom. The van der Waals surface area contributed by atoms with E-state index in [1.54, 1.807) is 0 Å². The van der Waals surface area contributed by atoms with Gasteiger partial charge in [0.25, 0.3) is 0 Å². The molecule has 0 spiro atoms. The van der Waals surface area contributed by atoms with Gasteiger partial charge < -0.3 is 10.2 Å². The number of hydrogen-bond acceptors (Lipinski definition) is 3. The van der Waals surface area contributed by atoms with Crippen LogP contribution >= 0.6 is 12.4 Å². The van der Waals surface area contributed by atoms with Crippen LogP contribution < -0.4 is 5.32 Å². The molecule has 1 saturated heterocycles. The average Bonchev–Trinajstić information content (AvgIpc) is 3.01. The number of nitrogens with zero attached hydrogens (tertiary/aromatic N) is 2. The van der Waals surface area contributed by atoms with Gasteiger partial charge in [-0.1, -0.05) is 30.3 Å². The number of benzene rings is 1. The first kappa shape index (κ1) is 18.0. The van der Waals surface area contributed by atoms with Gasteiger partial charge in [0.2, 0.25) is 5.91 Å². The summed E-state index contributed by atoms with van der Waals surface area (Å²) in [7, 11) is 3.93. The van der Waals surface area contributed by atoms with E-state index in [0.717, 1.165) is 19.5 Å². The minimum atomic E-state index is 0. The van der Waals surface area contributed by atoms with Gasteiger partial charge in [-0.15, -0.1) is 12.4 Å². The van der Waals surface area contributed by atoms with E-state index in [1.165, 1.54) is 5.56 Å². The highest BCUT2D eigenvalue weighted by atomic mass is 35.5. The lowest BCUT2D eigenvalue weighted by molar-refractivity contribution is -0.133. The van der Waals surface area contributed by atoms with Crippen LogP contribution in [-0.2, 0) is 4.79 Å². The Bertz CT molecular complexity index is 434. The highest BCUT2D eigenvalue weighted by Crippen LogP contribution is 2.18. The van der Waals surface area contributed by atoms with Crippen molar-refractivity contribution < 1.29 is 4.79 Å². The molecular weight excluding hydrogens is 286 g/mol. The van der Waals surface area contributed by atoms with Gasteiger partial charge in [0.15, 0.2) is 0 Å². The fraction of sp³-hybridized carbons (Fsp3) is 0.562. The van der Waals surface area contributed by atoms with Crippen molar-refractivity contribution in [2.75, 3.05) is 33.7 Å². The van der Waals surface area contributed by atoms with Crippen LogP contribution in [0.2, 0.25) is 0 Å². The predicted octanol–water partition coefficient (Wildman–Crippen LogP) is 1.92. The summed E-state index contributed by atoms with van der Waals surface area (Å²) < 4.78 is 0. The Hall–Kier alpha value is -1.10. The largest absolute Gasteiger partial charge is 0.338 e. The van der Waals surface area contributed by atoms with Gasteiger partial charge in [0.1, 0.15) is 0 Å². The quantitative estimate of drug-likeness (QED) is 0.902.